The molecule has 0 aliphatic rings. The first-order valence-electron chi connectivity index (χ1n) is 16.6. The van der Waals surface area contributed by atoms with Gasteiger partial charge in [0, 0.05) is 56.6 Å². The summed E-state index contributed by atoms with van der Waals surface area (Å²) in [5, 5.41) is 5.50. The van der Waals surface area contributed by atoms with Crippen molar-refractivity contribution in [2.24, 2.45) is 0 Å². The van der Waals surface area contributed by atoms with Gasteiger partial charge in [-0.05, 0) is 76.9 Å². The summed E-state index contributed by atoms with van der Waals surface area (Å²) in [5.41, 5.74) is 13.3. The molecular weight excluding hydrogens is 611 g/mol. The lowest BCUT2D eigenvalue weighted by atomic mass is 9.98. The quantitative estimate of drug-likeness (QED) is 0.180. The molecule has 0 fully saturated rings. The van der Waals surface area contributed by atoms with Crippen LogP contribution in [-0.2, 0) is 0 Å². The number of hydrogen-bond acceptors (Lipinski definition) is 5. The summed E-state index contributed by atoms with van der Waals surface area (Å²) in [5.74, 6) is 0. The van der Waals surface area contributed by atoms with Crippen LogP contribution in [0.25, 0.3) is 99.3 Å². The lowest BCUT2D eigenvalue weighted by Crippen LogP contribution is -1.90. The van der Waals surface area contributed by atoms with Crippen molar-refractivity contribution in [3.05, 3.63) is 164 Å². The van der Waals surface area contributed by atoms with Gasteiger partial charge in [0.05, 0.1) is 39.0 Å². The highest BCUT2D eigenvalue weighted by Crippen LogP contribution is 2.34. The predicted octanol–water partition coefficient (Wildman–Crippen LogP) is 11.1. The van der Waals surface area contributed by atoms with Gasteiger partial charge in [0.25, 0.3) is 0 Å². The van der Waals surface area contributed by atoms with Gasteiger partial charge in [0.2, 0.25) is 0 Å². The molecule has 0 aliphatic heterocycles. The number of hydrogen-bond donors (Lipinski definition) is 0. The van der Waals surface area contributed by atoms with E-state index in [0.717, 1.165) is 99.3 Å². The normalized spacial score (nSPS) is 11.6. The number of aromatic nitrogens is 5. The van der Waals surface area contributed by atoms with E-state index in [-0.39, 0.29) is 0 Å². The van der Waals surface area contributed by atoms with E-state index in [2.05, 4.69) is 148 Å². The highest BCUT2D eigenvalue weighted by Gasteiger charge is 2.11. The Hall–Kier alpha value is -6.85. The molecule has 0 saturated carbocycles. The third-order valence-electron chi connectivity index (χ3n) is 9.59. The van der Waals surface area contributed by atoms with E-state index in [9.17, 15) is 0 Å². The fourth-order valence-corrected chi connectivity index (χ4v) is 7.06. The lowest BCUT2D eigenvalue weighted by Gasteiger charge is -2.10. The largest absolute Gasteiger partial charge is 0.256 e. The van der Waals surface area contributed by atoms with Crippen LogP contribution in [0.15, 0.2) is 164 Å². The van der Waals surface area contributed by atoms with Crippen LogP contribution in [0.2, 0.25) is 0 Å². The van der Waals surface area contributed by atoms with Gasteiger partial charge in [-0.25, -0.2) is 9.97 Å². The number of pyridine rings is 5. The Balaban J connectivity index is 0.936. The minimum absolute atomic E-state index is 0.921. The Morgan fingerprint density at radius 1 is 0.320 bits per heavy atom. The molecule has 0 spiro atoms. The summed E-state index contributed by atoms with van der Waals surface area (Å²) in [6, 6.07) is 50.7. The van der Waals surface area contributed by atoms with Crippen molar-refractivity contribution < 1.29 is 0 Å². The van der Waals surface area contributed by atoms with E-state index < -0.39 is 0 Å². The van der Waals surface area contributed by atoms with Crippen molar-refractivity contribution >= 4 is 54.5 Å². The molecular formula is C45H27N5. The summed E-state index contributed by atoms with van der Waals surface area (Å²) in [4.78, 5) is 24.0. The first-order valence-corrected chi connectivity index (χ1v) is 16.6. The molecule has 5 nitrogen and oxygen atoms in total. The fraction of sp³-hybridized carbons (Fsp3) is 0. The molecule has 0 atom stereocenters. The third-order valence-corrected chi connectivity index (χ3v) is 9.59. The minimum atomic E-state index is 0.921. The minimum Gasteiger partial charge on any atom is -0.256 e. The molecule has 10 aromatic rings. The monoisotopic (exact) mass is 637 g/mol. The summed E-state index contributed by atoms with van der Waals surface area (Å²) < 4.78 is 0. The van der Waals surface area contributed by atoms with E-state index in [4.69, 9.17) is 9.97 Å². The van der Waals surface area contributed by atoms with Crippen LogP contribution in [-0.4, -0.2) is 24.9 Å². The maximum absolute atomic E-state index is 5.04. The third kappa shape index (κ3) is 4.75. The van der Waals surface area contributed by atoms with Gasteiger partial charge in [-0.15, -0.1) is 0 Å². The second-order valence-electron chi connectivity index (χ2n) is 12.6. The molecule has 5 aromatic carbocycles. The van der Waals surface area contributed by atoms with Crippen LogP contribution in [0.5, 0.6) is 0 Å². The van der Waals surface area contributed by atoms with E-state index in [0.29, 0.717) is 0 Å². The van der Waals surface area contributed by atoms with Crippen molar-refractivity contribution in [2.45, 2.75) is 0 Å². The summed E-state index contributed by atoms with van der Waals surface area (Å²) >= 11 is 0. The first-order chi connectivity index (χ1) is 24.7. The number of fused-ring (bicyclic) bond motifs is 6. The Kier molecular flexibility index (Phi) is 6.42. The molecule has 10 rings (SSSR count). The maximum atomic E-state index is 5.04. The van der Waals surface area contributed by atoms with Crippen molar-refractivity contribution in [1.82, 2.24) is 24.9 Å². The number of nitrogens with zero attached hydrogens (tertiary/aromatic N) is 5. The van der Waals surface area contributed by atoms with E-state index in [1.54, 1.807) is 0 Å². The van der Waals surface area contributed by atoms with Gasteiger partial charge in [-0.3, -0.25) is 15.0 Å². The Morgan fingerprint density at radius 2 is 0.900 bits per heavy atom. The van der Waals surface area contributed by atoms with Crippen LogP contribution >= 0.6 is 0 Å². The van der Waals surface area contributed by atoms with Crippen LogP contribution in [0, 0.1) is 0 Å². The van der Waals surface area contributed by atoms with Gasteiger partial charge in [-0.2, -0.15) is 0 Å². The molecule has 0 aliphatic carbocycles. The highest BCUT2D eigenvalue weighted by molar-refractivity contribution is 6.08. The molecule has 50 heavy (non-hydrogen) atoms. The van der Waals surface area contributed by atoms with E-state index >= 15 is 0 Å². The predicted molar refractivity (Wildman–Crippen MR) is 205 cm³/mol. The SMILES string of the molecule is c1cnc2c(-c3ccc4cc(-c5ccc6nc(-c7ccc(-c8ccnc9c8ccc8cccnc89)cc7)ccc6c5)ccc4n3)cccc2c1. The molecule has 5 heteroatoms. The molecule has 0 N–H and O–H groups in total. The number of benzene rings is 5. The molecule has 0 radical (unpaired) electrons. The van der Waals surface area contributed by atoms with Crippen molar-refractivity contribution in [3.8, 4) is 44.8 Å². The maximum Gasteiger partial charge on any atom is 0.0970 e. The zero-order chi connectivity index (χ0) is 33.0. The van der Waals surface area contributed by atoms with Crippen LogP contribution in [0.1, 0.15) is 0 Å². The zero-order valence-electron chi connectivity index (χ0n) is 26.8. The van der Waals surface area contributed by atoms with E-state index in [1.165, 1.54) is 0 Å². The molecule has 0 unspecified atom stereocenters. The van der Waals surface area contributed by atoms with Crippen molar-refractivity contribution in [1.29, 1.82) is 0 Å². The first kappa shape index (κ1) is 28.2. The van der Waals surface area contributed by atoms with Crippen LogP contribution in [0.3, 0.4) is 0 Å². The van der Waals surface area contributed by atoms with Gasteiger partial charge in [-0.1, -0.05) is 91.0 Å². The van der Waals surface area contributed by atoms with Crippen LogP contribution in [0.4, 0.5) is 0 Å². The second kappa shape index (κ2) is 11.4. The Labute approximate surface area is 287 Å². The molecule has 0 bridgehead atoms. The van der Waals surface area contributed by atoms with E-state index in [1.807, 2.05) is 30.7 Å². The number of rotatable bonds is 4. The van der Waals surface area contributed by atoms with Gasteiger partial charge < -0.3 is 0 Å². The fourth-order valence-electron chi connectivity index (χ4n) is 7.06. The average Bonchev–Trinajstić information content (AvgIpc) is 3.19. The zero-order valence-corrected chi connectivity index (χ0v) is 26.8. The second-order valence-corrected chi connectivity index (χ2v) is 12.6. The molecule has 232 valence electrons. The number of para-hydroxylation sites is 1. The summed E-state index contributed by atoms with van der Waals surface area (Å²) in [7, 11) is 0. The van der Waals surface area contributed by atoms with Crippen molar-refractivity contribution in [2.75, 3.05) is 0 Å². The van der Waals surface area contributed by atoms with Crippen molar-refractivity contribution in [3.63, 3.8) is 0 Å². The summed E-state index contributed by atoms with van der Waals surface area (Å²) in [6.07, 6.45) is 5.53. The molecule has 0 saturated heterocycles. The summed E-state index contributed by atoms with van der Waals surface area (Å²) in [6.45, 7) is 0. The Morgan fingerprint density at radius 3 is 1.66 bits per heavy atom. The molecule has 0 amide bonds. The van der Waals surface area contributed by atoms with Gasteiger partial charge in [0.15, 0.2) is 0 Å². The van der Waals surface area contributed by atoms with Crippen LogP contribution < -0.4 is 0 Å². The molecule has 5 aromatic heterocycles. The topological polar surface area (TPSA) is 64.5 Å². The lowest BCUT2D eigenvalue weighted by molar-refractivity contribution is 1.37. The highest BCUT2D eigenvalue weighted by atomic mass is 14.7. The smallest absolute Gasteiger partial charge is 0.0970 e. The Bertz CT molecular complexity index is 2930. The van der Waals surface area contributed by atoms with Gasteiger partial charge in [0.1, 0.15) is 0 Å². The standard InChI is InChI=1S/C45H27N5/c1-4-30-5-2-23-46-43(30)38(7-1)42-21-16-35-27-33(14-19-41(35)50-42)32-13-18-40-34(26-32)15-20-39(49-40)29-10-8-28(9-11-29)36-22-25-48-45-37(36)17-12-31-6-3-24-47-44(31)45/h1-27H. The average molecular weight is 638 g/mol. The van der Waals surface area contributed by atoms with Gasteiger partial charge >= 0.3 is 0 Å². The molecule has 5 heterocycles.